The molecule has 1 aromatic carbocycles. The maximum atomic E-state index is 4.77. The first-order chi connectivity index (χ1) is 8.10. The van der Waals surface area contributed by atoms with Crippen LogP contribution < -0.4 is 0 Å². The molecule has 0 bridgehead atoms. The third-order valence-electron chi connectivity index (χ3n) is 3.42. The van der Waals surface area contributed by atoms with Crippen LogP contribution in [0.3, 0.4) is 0 Å². The number of imidazole rings is 1. The summed E-state index contributed by atoms with van der Waals surface area (Å²) >= 11 is 0. The van der Waals surface area contributed by atoms with Crippen LogP contribution in [0.25, 0.3) is 11.0 Å². The summed E-state index contributed by atoms with van der Waals surface area (Å²) in [5, 5.41) is 0. The molecule has 0 unspecified atom stereocenters. The molecule has 2 heteroatoms. The first kappa shape index (κ1) is 13.1. The van der Waals surface area contributed by atoms with Crippen molar-refractivity contribution < 1.29 is 0 Å². The zero-order valence-electron chi connectivity index (χ0n) is 12.6. The summed E-state index contributed by atoms with van der Waals surface area (Å²) in [7, 11) is 2.11. The van der Waals surface area contributed by atoms with Crippen LogP contribution in [-0.2, 0) is 17.9 Å². The van der Waals surface area contributed by atoms with E-state index in [2.05, 4.69) is 71.4 Å². The highest BCUT2D eigenvalue weighted by molar-refractivity contribution is 5.77. The average Bonchev–Trinajstić information content (AvgIpc) is 2.54. The van der Waals surface area contributed by atoms with E-state index in [4.69, 9.17) is 4.98 Å². The largest absolute Gasteiger partial charge is 0.331 e. The number of hydrogen-bond acceptors (Lipinski definition) is 1. The first-order valence-corrected chi connectivity index (χ1v) is 6.58. The van der Waals surface area contributed by atoms with Crippen LogP contribution in [0.1, 0.15) is 52.9 Å². The molecule has 98 valence electrons. The van der Waals surface area contributed by atoms with E-state index in [0.717, 1.165) is 11.3 Å². The van der Waals surface area contributed by atoms with Gasteiger partial charge in [-0.05, 0) is 23.1 Å². The van der Waals surface area contributed by atoms with Crippen LogP contribution in [-0.4, -0.2) is 9.55 Å². The topological polar surface area (TPSA) is 17.8 Å². The minimum Gasteiger partial charge on any atom is -0.331 e. The van der Waals surface area contributed by atoms with Crippen molar-refractivity contribution in [2.24, 2.45) is 7.05 Å². The molecular weight excluding hydrogens is 220 g/mol. The first-order valence-electron chi connectivity index (χ1n) is 6.58. The third-order valence-corrected chi connectivity index (χ3v) is 3.42. The minimum absolute atomic E-state index is 0.0790. The Hall–Kier alpha value is -1.31. The van der Waals surface area contributed by atoms with Crippen molar-refractivity contribution in [3.63, 3.8) is 0 Å². The summed E-state index contributed by atoms with van der Waals surface area (Å²) in [4.78, 5) is 4.77. The molecule has 2 nitrogen and oxygen atoms in total. The molecule has 0 saturated carbocycles. The van der Waals surface area contributed by atoms with Crippen molar-refractivity contribution in [1.82, 2.24) is 9.55 Å². The van der Waals surface area contributed by atoms with Gasteiger partial charge in [0.25, 0.3) is 0 Å². The SMILES string of the molecule is Cn1c(C(C)(C)C)nc2ccc(C(C)(C)C)cc21. The van der Waals surface area contributed by atoms with E-state index in [0.29, 0.717) is 0 Å². The van der Waals surface area contributed by atoms with Crippen LogP contribution in [0, 0.1) is 0 Å². The lowest BCUT2D eigenvalue weighted by molar-refractivity contribution is 0.526. The molecular formula is C16H24N2. The van der Waals surface area contributed by atoms with E-state index in [-0.39, 0.29) is 10.8 Å². The van der Waals surface area contributed by atoms with Gasteiger partial charge in [-0.25, -0.2) is 4.98 Å². The molecule has 0 atom stereocenters. The van der Waals surface area contributed by atoms with Crippen LogP contribution in [0.15, 0.2) is 18.2 Å². The number of nitrogens with zero attached hydrogens (tertiary/aromatic N) is 2. The molecule has 0 saturated heterocycles. The number of benzene rings is 1. The number of rotatable bonds is 0. The zero-order valence-corrected chi connectivity index (χ0v) is 12.6. The lowest BCUT2D eigenvalue weighted by atomic mass is 9.87. The van der Waals surface area contributed by atoms with E-state index in [1.165, 1.54) is 11.1 Å². The van der Waals surface area contributed by atoms with E-state index >= 15 is 0 Å². The van der Waals surface area contributed by atoms with Crippen molar-refractivity contribution >= 4 is 11.0 Å². The van der Waals surface area contributed by atoms with Crippen LogP contribution >= 0.6 is 0 Å². The molecule has 1 heterocycles. The van der Waals surface area contributed by atoms with Gasteiger partial charge in [0.2, 0.25) is 0 Å². The van der Waals surface area contributed by atoms with Gasteiger partial charge in [0, 0.05) is 12.5 Å². The van der Waals surface area contributed by atoms with Gasteiger partial charge < -0.3 is 4.57 Å². The Kier molecular flexibility index (Phi) is 2.80. The van der Waals surface area contributed by atoms with Crippen LogP contribution in [0.4, 0.5) is 0 Å². The molecule has 0 aliphatic carbocycles. The van der Waals surface area contributed by atoms with Gasteiger partial charge in [-0.2, -0.15) is 0 Å². The lowest BCUT2D eigenvalue weighted by Crippen LogP contribution is -2.17. The van der Waals surface area contributed by atoms with Crippen molar-refractivity contribution in [3.05, 3.63) is 29.6 Å². The Morgan fingerprint density at radius 2 is 1.56 bits per heavy atom. The summed E-state index contributed by atoms with van der Waals surface area (Å²) in [5.41, 5.74) is 3.94. The molecule has 0 spiro atoms. The molecule has 0 N–H and O–H groups in total. The Morgan fingerprint density at radius 3 is 2.06 bits per heavy atom. The van der Waals surface area contributed by atoms with Gasteiger partial charge in [-0.15, -0.1) is 0 Å². The molecule has 2 rings (SSSR count). The van der Waals surface area contributed by atoms with Gasteiger partial charge >= 0.3 is 0 Å². The summed E-state index contributed by atoms with van der Waals surface area (Å²) < 4.78 is 2.23. The van der Waals surface area contributed by atoms with Crippen molar-refractivity contribution in [2.75, 3.05) is 0 Å². The molecule has 0 radical (unpaired) electrons. The summed E-state index contributed by atoms with van der Waals surface area (Å²) in [6.07, 6.45) is 0. The Bertz CT molecular complexity index is 577. The maximum absolute atomic E-state index is 4.77. The molecule has 0 aliphatic heterocycles. The number of aromatic nitrogens is 2. The van der Waals surface area contributed by atoms with Crippen molar-refractivity contribution in [1.29, 1.82) is 0 Å². The molecule has 0 aliphatic rings. The highest BCUT2D eigenvalue weighted by Crippen LogP contribution is 2.29. The number of fused-ring (bicyclic) bond motifs is 1. The second-order valence-corrected chi connectivity index (χ2v) is 7.20. The summed E-state index contributed by atoms with van der Waals surface area (Å²) in [6.45, 7) is 13.4. The quantitative estimate of drug-likeness (QED) is 0.680. The van der Waals surface area contributed by atoms with Crippen molar-refractivity contribution in [2.45, 2.75) is 52.4 Å². The molecule has 0 amide bonds. The van der Waals surface area contributed by atoms with E-state index in [1.54, 1.807) is 0 Å². The Balaban J connectivity index is 2.68. The average molecular weight is 244 g/mol. The Morgan fingerprint density at radius 1 is 0.944 bits per heavy atom. The normalized spacial score (nSPS) is 13.3. The van der Waals surface area contributed by atoms with Gasteiger partial charge in [0.05, 0.1) is 11.0 Å². The van der Waals surface area contributed by atoms with Gasteiger partial charge in [0.1, 0.15) is 5.82 Å². The second kappa shape index (κ2) is 3.84. The standard InChI is InChI=1S/C16H24N2/c1-15(2,3)11-8-9-12-13(10-11)18(7)14(17-12)16(4,5)6/h8-10H,1-7H3. The highest BCUT2D eigenvalue weighted by Gasteiger charge is 2.22. The van der Waals surface area contributed by atoms with Gasteiger partial charge in [-0.3, -0.25) is 0 Å². The number of hydrogen-bond donors (Lipinski definition) is 0. The monoisotopic (exact) mass is 244 g/mol. The van der Waals surface area contributed by atoms with Crippen LogP contribution in [0.2, 0.25) is 0 Å². The molecule has 0 fully saturated rings. The zero-order chi connectivity index (χ0) is 13.7. The molecule has 18 heavy (non-hydrogen) atoms. The van der Waals surface area contributed by atoms with E-state index in [9.17, 15) is 0 Å². The smallest absolute Gasteiger partial charge is 0.115 e. The van der Waals surface area contributed by atoms with E-state index in [1.807, 2.05) is 0 Å². The summed E-state index contributed by atoms with van der Waals surface area (Å²) in [5.74, 6) is 1.14. The lowest BCUT2D eigenvalue weighted by Gasteiger charge is -2.19. The third kappa shape index (κ3) is 2.16. The van der Waals surface area contributed by atoms with Gasteiger partial charge in [0.15, 0.2) is 0 Å². The van der Waals surface area contributed by atoms with Crippen molar-refractivity contribution in [3.8, 4) is 0 Å². The fourth-order valence-electron chi connectivity index (χ4n) is 2.33. The highest BCUT2D eigenvalue weighted by atomic mass is 15.1. The Labute approximate surface area is 110 Å². The predicted molar refractivity (Wildman–Crippen MR) is 78.1 cm³/mol. The van der Waals surface area contributed by atoms with E-state index < -0.39 is 0 Å². The maximum Gasteiger partial charge on any atom is 0.115 e. The van der Waals surface area contributed by atoms with Gasteiger partial charge in [-0.1, -0.05) is 47.6 Å². The van der Waals surface area contributed by atoms with Crippen LogP contribution in [0.5, 0.6) is 0 Å². The predicted octanol–water partition coefficient (Wildman–Crippen LogP) is 4.17. The number of aryl methyl sites for hydroxylation is 1. The second-order valence-electron chi connectivity index (χ2n) is 7.20. The fraction of sp³-hybridized carbons (Fsp3) is 0.562. The minimum atomic E-state index is 0.0790. The summed E-state index contributed by atoms with van der Waals surface area (Å²) in [6, 6.07) is 6.62. The molecule has 2 aromatic rings. The fourth-order valence-corrected chi connectivity index (χ4v) is 2.33. The molecule has 1 aromatic heterocycles.